The second-order valence-electron chi connectivity index (χ2n) is 7.78. The average molecular weight is 530 g/mol. The van der Waals surface area contributed by atoms with Gasteiger partial charge in [0.1, 0.15) is 0 Å². The topological polar surface area (TPSA) is 88.9 Å². The van der Waals surface area contributed by atoms with Gasteiger partial charge in [-0.05, 0) is 69.5 Å². The van der Waals surface area contributed by atoms with Gasteiger partial charge in [-0.25, -0.2) is 0 Å². The van der Waals surface area contributed by atoms with E-state index in [1.165, 1.54) is 11.8 Å². The monoisotopic (exact) mass is 529 g/mol. The number of rotatable bonds is 8. The lowest BCUT2D eigenvalue weighted by atomic mass is 10.1. The molecule has 3 aromatic rings. The minimum atomic E-state index is -0.332. The van der Waals surface area contributed by atoms with Crippen molar-refractivity contribution in [2.24, 2.45) is 0 Å². The van der Waals surface area contributed by atoms with E-state index in [4.69, 9.17) is 0 Å². The molecule has 2 amide bonds. The standard InChI is InChI=1S/C24H28BrN5O2S/c1-6-30-22(17(5)26-23(32)18-10-8-7-9-14(18)2)28-29-24(30)33-13-21(31)27-20-12-11-19(25)15(3)16(20)4/h7-12,17H,6,13H2,1-5H3,(H,26,32)(H,27,31)/t17-/m0/s1. The lowest BCUT2D eigenvalue weighted by molar-refractivity contribution is -0.113. The fourth-order valence-corrected chi connectivity index (χ4v) is 4.67. The molecule has 0 saturated carbocycles. The molecule has 174 valence electrons. The minimum absolute atomic E-state index is 0.113. The van der Waals surface area contributed by atoms with Crippen molar-refractivity contribution in [3.8, 4) is 0 Å². The second kappa shape index (κ2) is 11.0. The summed E-state index contributed by atoms with van der Waals surface area (Å²) in [5, 5.41) is 15.2. The van der Waals surface area contributed by atoms with Gasteiger partial charge < -0.3 is 15.2 Å². The molecular weight excluding hydrogens is 502 g/mol. The molecule has 1 aromatic heterocycles. The van der Waals surface area contributed by atoms with Gasteiger partial charge in [-0.2, -0.15) is 0 Å². The molecule has 0 saturated heterocycles. The highest BCUT2D eigenvalue weighted by atomic mass is 79.9. The molecular formula is C24H28BrN5O2S. The van der Waals surface area contributed by atoms with Crippen LogP contribution in [-0.4, -0.2) is 32.3 Å². The smallest absolute Gasteiger partial charge is 0.252 e. The summed E-state index contributed by atoms with van der Waals surface area (Å²) in [6.07, 6.45) is 0. The Bertz CT molecular complexity index is 1180. The first-order valence-corrected chi connectivity index (χ1v) is 12.5. The SMILES string of the molecule is CCn1c(SCC(=O)Nc2ccc(Br)c(C)c2C)nnc1[C@H](C)NC(=O)c1ccccc1C. The maximum Gasteiger partial charge on any atom is 0.252 e. The van der Waals surface area contributed by atoms with Crippen molar-refractivity contribution in [1.29, 1.82) is 0 Å². The molecule has 1 heterocycles. The van der Waals surface area contributed by atoms with E-state index in [1.54, 1.807) is 6.07 Å². The molecule has 0 bridgehead atoms. The zero-order valence-electron chi connectivity index (χ0n) is 19.4. The lowest BCUT2D eigenvalue weighted by Gasteiger charge is -2.16. The number of aromatic nitrogens is 3. The molecule has 0 radical (unpaired) electrons. The van der Waals surface area contributed by atoms with Crippen molar-refractivity contribution in [2.75, 3.05) is 11.1 Å². The van der Waals surface area contributed by atoms with E-state index in [0.717, 1.165) is 26.9 Å². The zero-order valence-corrected chi connectivity index (χ0v) is 21.8. The fraction of sp³-hybridized carbons (Fsp3) is 0.333. The van der Waals surface area contributed by atoms with Gasteiger partial charge in [0.2, 0.25) is 5.91 Å². The maximum absolute atomic E-state index is 12.7. The number of hydrogen-bond donors (Lipinski definition) is 2. The summed E-state index contributed by atoms with van der Waals surface area (Å²) in [7, 11) is 0. The molecule has 0 aliphatic heterocycles. The van der Waals surface area contributed by atoms with E-state index in [9.17, 15) is 9.59 Å². The van der Waals surface area contributed by atoms with Crippen molar-refractivity contribution >= 4 is 45.2 Å². The first-order valence-electron chi connectivity index (χ1n) is 10.7. The van der Waals surface area contributed by atoms with Crippen LogP contribution >= 0.6 is 27.7 Å². The second-order valence-corrected chi connectivity index (χ2v) is 9.57. The van der Waals surface area contributed by atoms with E-state index < -0.39 is 0 Å². The third-order valence-electron chi connectivity index (χ3n) is 5.51. The minimum Gasteiger partial charge on any atom is -0.342 e. The van der Waals surface area contributed by atoms with Crippen molar-refractivity contribution in [3.63, 3.8) is 0 Å². The van der Waals surface area contributed by atoms with Gasteiger partial charge in [-0.15, -0.1) is 10.2 Å². The van der Waals surface area contributed by atoms with Gasteiger partial charge in [-0.3, -0.25) is 9.59 Å². The number of nitrogens with zero attached hydrogens (tertiary/aromatic N) is 3. The Labute approximate surface area is 206 Å². The van der Waals surface area contributed by atoms with Crippen LogP contribution in [0.3, 0.4) is 0 Å². The number of carbonyl (C=O) groups excluding carboxylic acids is 2. The lowest BCUT2D eigenvalue weighted by Crippen LogP contribution is -2.29. The van der Waals surface area contributed by atoms with E-state index >= 15 is 0 Å². The summed E-state index contributed by atoms with van der Waals surface area (Å²) in [4.78, 5) is 25.2. The number of anilines is 1. The molecule has 0 aliphatic carbocycles. The summed E-state index contributed by atoms with van der Waals surface area (Å²) in [5.41, 5.74) is 4.47. The van der Waals surface area contributed by atoms with Crippen LogP contribution < -0.4 is 10.6 Å². The van der Waals surface area contributed by atoms with Crippen molar-refractivity contribution in [1.82, 2.24) is 20.1 Å². The normalized spacial score (nSPS) is 11.8. The molecule has 33 heavy (non-hydrogen) atoms. The zero-order chi connectivity index (χ0) is 24.1. The van der Waals surface area contributed by atoms with Crippen LogP contribution in [0.4, 0.5) is 5.69 Å². The molecule has 0 spiro atoms. The Morgan fingerprint density at radius 3 is 2.52 bits per heavy atom. The Hall–Kier alpha value is -2.65. The summed E-state index contributed by atoms with van der Waals surface area (Å²) >= 11 is 4.83. The highest BCUT2D eigenvalue weighted by Gasteiger charge is 2.21. The van der Waals surface area contributed by atoms with Crippen LogP contribution in [0.2, 0.25) is 0 Å². The molecule has 0 aliphatic rings. The van der Waals surface area contributed by atoms with Crippen LogP contribution in [-0.2, 0) is 11.3 Å². The Kier molecular flexibility index (Phi) is 8.31. The van der Waals surface area contributed by atoms with Gasteiger partial charge in [-0.1, -0.05) is 45.9 Å². The number of benzene rings is 2. The predicted molar refractivity (Wildman–Crippen MR) is 136 cm³/mol. The number of aryl methyl sites for hydroxylation is 1. The van der Waals surface area contributed by atoms with Crippen molar-refractivity contribution < 1.29 is 9.59 Å². The maximum atomic E-state index is 12.7. The highest BCUT2D eigenvalue weighted by molar-refractivity contribution is 9.10. The summed E-state index contributed by atoms with van der Waals surface area (Å²) in [6.45, 7) is 10.4. The van der Waals surface area contributed by atoms with Crippen LogP contribution in [0.25, 0.3) is 0 Å². The van der Waals surface area contributed by atoms with Gasteiger partial charge in [0.25, 0.3) is 5.91 Å². The molecule has 2 aromatic carbocycles. The van der Waals surface area contributed by atoms with Gasteiger partial charge in [0.15, 0.2) is 11.0 Å². The van der Waals surface area contributed by atoms with Crippen molar-refractivity contribution in [2.45, 2.75) is 52.4 Å². The molecule has 7 nitrogen and oxygen atoms in total. The van der Waals surface area contributed by atoms with E-state index in [-0.39, 0.29) is 23.6 Å². The first-order chi connectivity index (χ1) is 15.7. The largest absolute Gasteiger partial charge is 0.342 e. The predicted octanol–water partition coefficient (Wildman–Crippen LogP) is 5.21. The average Bonchev–Trinajstić information content (AvgIpc) is 3.21. The third-order valence-corrected chi connectivity index (χ3v) is 7.34. The number of hydrogen-bond acceptors (Lipinski definition) is 5. The number of nitrogens with one attached hydrogen (secondary N) is 2. The number of amides is 2. The van der Waals surface area contributed by atoms with E-state index in [0.29, 0.717) is 23.1 Å². The highest BCUT2D eigenvalue weighted by Crippen LogP contribution is 2.26. The number of thioether (sulfide) groups is 1. The van der Waals surface area contributed by atoms with Crippen LogP contribution in [0.15, 0.2) is 46.0 Å². The van der Waals surface area contributed by atoms with Gasteiger partial charge in [0, 0.05) is 22.3 Å². The fourth-order valence-electron chi connectivity index (χ4n) is 3.43. The Morgan fingerprint density at radius 2 is 1.82 bits per heavy atom. The number of halogens is 1. The van der Waals surface area contributed by atoms with Crippen LogP contribution in [0.1, 0.15) is 52.8 Å². The summed E-state index contributed by atoms with van der Waals surface area (Å²) in [6, 6.07) is 10.9. The van der Waals surface area contributed by atoms with Gasteiger partial charge in [0.05, 0.1) is 11.8 Å². The Morgan fingerprint density at radius 1 is 1.09 bits per heavy atom. The molecule has 2 N–H and O–H groups in total. The van der Waals surface area contributed by atoms with E-state index in [2.05, 4.69) is 36.8 Å². The molecule has 9 heteroatoms. The molecule has 0 fully saturated rings. The first kappa shape index (κ1) is 25.0. The molecule has 1 atom stereocenters. The Balaban J connectivity index is 1.65. The summed E-state index contributed by atoms with van der Waals surface area (Å²) in [5.74, 6) is 0.594. The van der Waals surface area contributed by atoms with Crippen LogP contribution in [0.5, 0.6) is 0 Å². The number of carbonyl (C=O) groups is 2. The van der Waals surface area contributed by atoms with E-state index in [1.807, 2.05) is 69.5 Å². The van der Waals surface area contributed by atoms with Gasteiger partial charge >= 0.3 is 0 Å². The van der Waals surface area contributed by atoms with Crippen molar-refractivity contribution in [3.05, 3.63) is 68.9 Å². The molecule has 3 rings (SSSR count). The van der Waals surface area contributed by atoms with Crippen LogP contribution in [0, 0.1) is 20.8 Å². The molecule has 0 unspecified atom stereocenters. The quantitative estimate of drug-likeness (QED) is 0.391. The summed E-state index contributed by atoms with van der Waals surface area (Å²) < 4.78 is 2.94. The third kappa shape index (κ3) is 5.83.